The Morgan fingerprint density at radius 1 is 0.906 bits per heavy atom. The average molecular weight is 447 g/mol. The molecule has 0 bridgehead atoms. The summed E-state index contributed by atoms with van der Waals surface area (Å²) in [6, 6.07) is 12.3. The van der Waals surface area contributed by atoms with Gasteiger partial charge in [0.2, 0.25) is 0 Å². The van der Waals surface area contributed by atoms with E-state index in [0.29, 0.717) is 41.1 Å². The smallest absolute Gasteiger partial charge is 0.396 e. The number of nitrogens with zero attached hydrogens (tertiary/aromatic N) is 1. The highest BCUT2D eigenvalue weighted by molar-refractivity contribution is 6.11. The molecule has 1 saturated heterocycles. The van der Waals surface area contributed by atoms with Crippen molar-refractivity contribution < 1.29 is 32.6 Å². The van der Waals surface area contributed by atoms with Crippen molar-refractivity contribution in [3.05, 3.63) is 71.5 Å². The molecular formula is C24H21F4NO3. The van der Waals surface area contributed by atoms with E-state index in [1.54, 1.807) is 29.2 Å². The third kappa shape index (κ3) is 3.96. The predicted molar refractivity (Wildman–Crippen MR) is 111 cm³/mol. The van der Waals surface area contributed by atoms with Crippen molar-refractivity contribution in [2.45, 2.75) is 6.18 Å². The van der Waals surface area contributed by atoms with Crippen LogP contribution in [0, 0.1) is 17.7 Å². The molecule has 2 N–H and O–H groups in total. The minimum absolute atomic E-state index is 0.00932. The van der Waals surface area contributed by atoms with Gasteiger partial charge < -0.3 is 15.1 Å². The maximum absolute atomic E-state index is 14.6. The molecule has 8 heteroatoms. The molecule has 0 saturated carbocycles. The van der Waals surface area contributed by atoms with Gasteiger partial charge in [0.25, 0.3) is 5.91 Å². The van der Waals surface area contributed by atoms with Crippen LogP contribution in [0.15, 0.2) is 54.6 Å². The number of aliphatic hydroxyl groups excluding tert-OH is 2. The molecule has 4 rings (SSSR count). The largest absolute Gasteiger partial charge is 0.416 e. The Morgan fingerprint density at radius 3 is 2.06 bits per heavy atom. The Bertz CT molecular complexity index is 1150. The van der Waals surface area contributed by atoms with Crippen molar-refractivity contribution in [3.8, 4) is 11.1 Å². The number of likely N-dealkylation sites (tertiary alicyclic amines) is 1. The number of carbonyl (C=O) groups is 1. The first kappa shape index (κ1) is 22.2. The summed E-state index contributed by atoms with van der Waals surface area (Å²) in [7, 11) is 0. The summed E-state index contributed by atoms with van der Waals surface area (Å²) < 4.78 is 53.4. The van der Waals surface area contributed by atoms with Crippen LogP contribution >= 0.6 is 0 Å². The predicted octanol–water partition coefficient (Wildman–Crippen LogP) is 4.34. The van der Waals surface area contributed by atoms with E-state index in [9.17, 15) is 32.6 Å². The van der Waals surface area contributed by atoms with E-state index >= 15 is 0 Å². The fourth-order valence-corrected chi connectivity index (χ4v) is 4.32. The second-order valence-electron chi connectivity index (χ2n) is 7.99. The van der Waals surface area contributed by atoms with E-state index in [0.717, 1.165) is 12.1 Å². The summed E-state index contributed by atoms with van der Waals surface area (Å²) in [6.45, 7) is 0.345. The number of fused-ring (bicyclic) bond motifs is 1. The molecule has 0 unspecified atom stereocenters. The minimum Gasteiger partial charge on any atom is -0.396 e. The van der Waals surface area contributed by atoms with Crippen LogP contribution in [0.25, 0.3) is 21.9 Å². The van der Waals surface area contributed by atoms with Crippen molar-refractivity contribution in [2.24, 2.45) is 11.8 Å². The Kier molecular flexibility index (Phi) is 5.92. The number of aliphatic hydroxyl groups is 2. The van der Waals surface area contributed by atoms with Gasteiger partial charge in [-0.2, -0.15) is 13.2 Å². The van der Waals surface area contributed by atoms with Crippen LogP contribution in [0.4, 0.5) is 17.6 Å². The summed E-state index contributed by atoms with van der Waals surface area (Å²) in [5, 5.41) is 20.1. The monoisotopic (exact) mass is 447 g/mol. The first-order valence-corrected chi connectivity index (χ1v) is 10.1. The van der Waals surface area contributed by atoms with Gasteiger partial charge in [-0.25, -0.2) is 4.39 Å². The van der Waals surface area contributed by atoms with Gasteiger partial charge in [-0.3, -0.25) is 4.79 Å². The highest BCUT2D eigenvalue weighted by atomic mass is 19.4. The molecule has 3 aromatic carbocycles. The molecule has 4 nitrogen and oxygen atoms in total. The molecule has 1 heterocycles. The minimum atomic E-state index is -4.65. The maximum Gasteiger partial charge on any atom is 0.416 e. The van der Waals surface area contributed by atoms with Crippen LogP contribution in [-0.4, -0.2) is 47.3 Å². The lowest BCUT2D eigenvalue weighted by Gasteiger charge is -2.19. The number of hydrogen-bond acceptors (Lipinski definition) is 3. The molecule has 0 aromatic heterocycles. The van der Waals surface area contributed by atoms with Gasteiger partial charge in [0.1, 0.15) is 5.82 Å². The Hall–Kier alpha value is -2.97. The maximum atomic E-state index is 14.6. The molecule has 0 aliphatic carbocycles. The first-order valence-electron chi connectivity index (χ1n) is 10.1. The zero-order valence-corrected chi connectivity index (χ0v) is 16.9. The van der Waals surface area contributed by atoms with E-state index in [2.05, 4.69) is 0 Å². The summed E-state index contributed by atoms with van der Waals surface area (Å²) >= 11 is 0. The normalized spacial score (nSPS) is 19.0. The lowest BCUT2D eigenvalue weighted by atomic mass is 9.93. The van der Waals surface area contributed by atoms with Crippen LogP contribution in [-0.2, 0) is 6.18 Å². The second-order valence-corrected chi connectivity index (χ2v) is 7.99. The van der Waals surface area contributed by atoms with Gasteiger partial charge in [-0.15, -0.1) is 0 Å². The van der Waals surface area contributed by atoms with Crippen molar-refractivity contribution in [1.82, 2.24) is 4.90 Å². The molecule has 1 amide bonds. The summed E-state index contributed by atoms with van der Waals surface area (Å²) in [4.78, 5) is 14.8. The van der Waals surface area contributed by atoms with Crippen molar-refractivity contribution >= 4 is 16.7 Å². The van der Waals surface area contributed by atoms with Crippen LogP contribution in [0.3, 0.4) is 0 Å². The quantitative estimate of drug-likeness (QED) is 0.585. The topological polar surface area (TPSA) is 60.8 Å². The molecule has 168 valence electrons. The SMILES string of the molecule is O=C(c1ccc(-c2ccc(C(F)(F)F)cc2F)c2ccccc12)N1C[C@@H](CO)[C@H](CO)C1. The van der Waals surface area contributed by atoms with Gasteiger partial charge in [-0.1, -0.05) is 36.4 Å². The Balaban J connectivity index is 1.76. The number of hydrogen-bond donors (Lipinski definition) is 2. The molecule has 1 aliphatic rings. The lowest BCUT2D eigenvalue weighted by molar-refractivity contribution is -0.137. The first-order chi connectivity index (χ1) is 15.2. The Morgan fingerprint density at radius 2 is 1.50 bits per heavy atom. The molecular weight excluding hydrogens is 426 g/mol. The van der Waals surface area contributed by atoms with Crippen LogP contribution in [0.1, 0.15) is 15.9 Å². The standard InChI is InChI=1S/C24H21F4NO3/c25-22-9-16(24(26,27)28)5-6-20(22)19-7-8-21(18-4-2-1-3-17(18)19)23(32)29-10-14(12-30)15(11-29)13-31/h1-9,14-15,30-31H,10-13H2/t14-,15-/m0/s1. The van der Waals surface area contributed by atoms with E-state index < -0.39 is 17.6 Å². The molecule has 2 atom stereocenters. The fraction of sp³-hybridized carbons (Fsp3) is 0.292. The number of amides is 1. The van der Waals surface area contributed by atoms with Crippen molar-refractivity contribution in [1.29, 1.82) is 0 Å². The summed E-state index contributed by atoms with van der Waals surface area (Å²) in [5.74, 6) is -1.71. The zero-order valence-electron chi connectivity index (χ0n) is 16.9. The van der Waals surface area contributed by atoms with Gasteiger partial charge in [0, 0.05) is 49.3 Å². The van der Waals surface area contributed by atoms with E-state index in [1.807, 2.05) is 0 Å². The zero-order chi connectivity index (χ0) is 23.0. The number of halogens is 4. The molecule has 32 heavy (non-hydrogen) atoms. The third-order valence-electron chi connectivity index (χ3n) is 6.07. The van der Waals surface area contributed by atoms with E-state index in [-0.39, 0.29) is 36.5 Å². The summed E-state index contributed by atoms with van der Waals surface area (Å²) in [6.07, 6.45) is -4.65. The van der Waals surface area contributed by atoms with E-state index in [1.165, 1.54) is 12.1 Å². The Labute approximate surface area is 181 Å². The van der Waals surface area contributed by atoms with Crippen molar-refractivity contribution in [2.75, 3.05) is 26.3 Å². The summed E-state index contributed by atoms with van der Waals surface area (Å²) in [5.41, 5.74) is -0.311. The highest BCUT2D eigenvalue weighted by Gasteiger charge is 2.35. The molecule has 0 radical (unpaired) electrons. The lowest BCUT2D eigenvalue weighted by Crippen LogP contribution is -2.29. The second kappa shape index (κ2) is 8.52. The highest BCUT2D eigenvalue weighted by Crippen LogP contribution is 2.37. The van der Waals surface area contributed by atoms with Gasteiger partial charge in [-0.05, 0) is 34.5 Å². The van der Waals surface area contributed by atoms with Gasteiger partial charge in [0.05, 0.1) is 5.56 Å². The molecule has 3 aromatic rings. The number of rotatable bonds is 4. The number of benzene rings is 3. The fourth-order valence-electron chi connectivity index (χ4n) is 4.32. The van der Waals surface area contributed by atoms with Gasteiger partial charge >= 0.3 is 6.18 Å². The molecule has 1 aliphatic heterocycles. The van der Waals surface area contributed by atoms with Crippen LogP contribution < -0.4 is 0 Å². The average Bonchev–Trinajstić information content (AvgIpc) is 3.21. The van der Waals surface area contributed by atoms with Crippen LogP contribution in [0.2, 0.25) is 0 Å². The van der Waals surface area contributed by atoms with Crippen LogP contribution in [0.5, 0.6) is 0 Å². The van der Waals surface area contributed by atoms with Crippen molar-refractivity contribution in [3.63, 3.8) is 0 Å². The molecule has 0 spiro atoms. The number of alkyl halides is 3. The third-order valence-corrected chi connectivity index (χ3v) is 6.07. The van der Waals surface area contributed by atoms with Gasteiger partial charge in [0.15, 0.2) is 0 Å². The number of carbonyl (C=O) groups excluding carboxylic acids is 1. The molecule has 1 fully saturated rings. The van der Waals surface area contributed by atoms with E-state index in [4.69, 9.17) is 0 Å².